The van der Waals surface area contributed by atoms with Gasteiger partial charge in [0.1, 0.15) is 5.75 Å². The molecule has 1 unspecified atom stereocenters. The molecule has 1 atom stereocenters. The third kappa shape index (κ3) is 3.03. The summed E-state index contributed by atoms with van der Waals surface area (Å²) in [6, 6.07) is 14.7. The van der Waals surface area contributed by atoms with Gasteiger partial charge in [-0.15, -0.1) is 0 Å². The summed E-state index contributed by atoms with van der Waals surface area (Å²) in [4.78, 5) is 0. The standard InChI is InChI=1S/C15H16ClNO/c1-15(17,12-5-3-6-13(16)9-12)10-11-4-2-7-14(18)8-11/h2-9,18H,10,17H2,1H3. The number of halogens is 1. The predicted octanol–water partition coefficient (Wildman–Crippen LogP) is 3.46. The van der Waals surface area contributed by atoms with Crippen molar-refractivity contribution in [3.05, 3.63) is 64.7 Å². The van der Waals surface area contributed by atoms with Crippen LogP contribution in [-0.2, 0) is 12.0 Å². The summed E-state index contributed by atoms with van der Waals surface area (Å²) < 4.78 is 0. The first-order valence-electron chi connectivity index (χ1n) is 5.80. The lowest BCUT2D eigenvalue weighted by molar-refractivity contribution is 0.468. The third-order valence-corrected chi connectivity index (χ3v) is 3.20. The number of phenolic OH excluding ortho intramolecular Hbond substituents is 1. The maximum absolute atomic E-state index is 9.46. The Bertz CT molecular complexity index is 552. The van der Waals surface area contributed by atoms with Crippen molar-refractivity contribution in [1.29, 1.82) is 0 Å². The molecule has 2 aromatic rings. The topological polar surface area (TPSA) is 46.2 Å². The van der Waals surface area contributed by atoms with Gasteiger partial charge < -0.3 is 10.8 Å². The molecule has 2 nitrogen and oxygen atoms in total. The molecule has 0 aliphatic heterocycles. The molecule has 0 saturated heterocycles. The van der Waals surface area contributed by atoms with Gasteiger partial charge in [0.05, 0.1) is 0 Å². The van der Waals surface area contributed by atoms with Crippen molar-refractivity contribution < 1.29 is 5.11 Å². The number of phenols is 1. The van der Waals surface area contributed by atoms with Gasteiger partial charge in [-0.05, 0) is 48.7 Å². The zero-order valence-corrected chi connectivity index (χ0v) is 11.0. The largest absolute Gasteiger partial charge is 0.508 e. The molecule has 18 heavy (non-hydrogen) atoms. The molecule has 0 spiro atoms. The van der Waals surface area contributed by atoms with Crippen LogP contribution < -0.4 is 5.73 Å². The van der Waals surface area contributed by atoms with Crippen LogP contribution in [0.2, 0.25) is 5.02 Å². The second-order valence-electron chi connectivity index (χ2n) is 4.77. The van der Waals surface area contributed by atoms with Crippen molar-refractivity contribution in [1.82, 2.24) is 0 Å². The fourth-order valence-corrected chi connectivity index (χ4v) is 2.23. The van der Waals surface area contributed by atoms with E-state index in [1.165, 1.54) is 0 Å². The van der Waals surface area contributed by atoms with E-state index in [-0.39, 0.29) is 5.75 Å². The van der Waals surface area contributed by atoms with E-state index in [1.54, 1.807) is 12.1 Å². The quantitative estimate of drug-likeness (QED) is 0.889. The van der Waals surface area contributed by atoms with E-state index in [0.29, 0.717) is 11.4 Å². The summed E-state index contributed by atoms with van der Waals surface area (Å²) in [6.07, 6.45) is 0.641. The highest BCUT2D eigenvalue weighted by Gasteiger charge is 2.22. The molecular weight excluding hydrogens is 246 g/mol. The van der Waals surface area contributed by atoms with Crippen LogP contribution in [0.1, 0.15) is 18.1 Å². The van der Waals surface area contributed by atoms with Gasteiger partial charge in [-0.2, -0.15) is 0 Å². The number of aromatic hydroxyl groups is 1. The van der Waals surface area contributed by atoms with Crippen LogP contribution in [0.3, 0.4) is 0 Å². The van der Waals surface area contributed by atoms with Gasteiger partial charge in [0.15, 0.2) is 0 Å². The predicted molar refractivity (Wildman–Crippen MR) is 74.8 cm³/mol. The molecule has 0 aromatic heterocycles. The highest BCUT2D eigenvalue weighted by molar-refractivity contribution is 6.30. The van der Waals surface area contributed by atoms with Crippen molar-refractivity contribution >= 4 is 11.6 Å². The Morgan fingerprint density at radius 3 is 2.56 bits per heavy atom. The van der Waals surface area contributed by atoms with Gasteiger partial charge in [0, 0.05) is 10.6 Å². The minimum atomic E-state index is -0.515. The van der Waals surface area contributed by atoms with Crippen molar-refractivity contribution in [3.63, 3.8) is 0 Å². The van der Waals surface area contributed by atoms with Crippen LogP contribution in [0.4, 0.5) is 0 Å². The molecule has 3 heteroatoms. The van der Waals surface area contributed by atoms with Crippen LogP contribution in [0.15, 0.2) is 48.5 Å². The second kappa shape index (κ2) is 5.01. The summed E-state index contributed by atoms with van der Waals surface area (Å²) in [5.41, 5.74) is 7.82. The van der Waals surface area contributed by atoms with Gasteiger partial charge in [0.2, 0.25) is 0 Å². The number of hydrogen-bond acceptors (Lipinski definition) is 2. The summed E-state index contributed by atoms with van der Waals surface area (Å²) in [7, 11) is 0. The smallest absolute Gasteiger partial charge is 0.115 e. The molecule has 0 aliphatic rings. The normalized spacial score (nSPS) is 14.2. The Morgan fingerprint density at radius 1 is 1.17 bits per heavy atom. The molecule has 0 fully saturated rings. The van der Waals surface area contributed by atoms with E-state index in [1.807, 2.05) is 43.3 Å². The Kier molecular flexibility index (Phi) is 3.60. The van der Waals surface area contributed by atoms with E-state index >= 15 is 0 Å². The van der Waals surface area contributed by atoms with Gasteiger partial charge in [0.25, 0.3) is 0 Å². The summed E-state index contributed by atoms with van der Waals surface area (Å²) in [5.74, 6) is 0.259. The molecule has 0 amide bonds. The number of rotatable bonds is 3. The average Bonchev–Trinajstić information content (AvgIpc) is 2.28. The molecule has 2 rings (SSSR count). The lowest BCUT2D eigenvalue weighted by Crippen LogP contribution is -2.35. The lowest BCUT2D eigenvalue weighted by Gasteiger charge is -2.25. The third-order valence-electron chi connectivity index (χ3n) is 2.97. The Hall–Kier alpha value is -1.51. The van der Waals surface area contributed by atoms with Crippen molar-refractivity contribution in [2.45, 2.75) is 18.9 Å². The first-order chi connectivity index (χ1) is 8.47. The molecule has 2 aromatic carbocycles. The van der Waals surface area contributed by atoms with Crippen LogP contribution >= 0.6 is 11.6 Å². The fraction of sp³-hybridized carbons (Fsp3) is 0.200. The van der Waals surface area contributed by atoms with Crippen molar-refractivity contribution in [3.8, 4) is 5.75 Å². The molecule has 0 heterocycles. The van der Waals surface area contributed by atoms with E-state index in [2.05, 4.69) is 0 Å². The monoisotopic (exact) mass is 261 g/mol. The van der Waals surface area contributed by atoms with Gasteiger partial charge >= 0.3 is 0 Å². The van der Waals surface area contributed by atoms with E-state index < -0.39 is 5.54 Å². The Balaban J connectivity index is 2.26. The number of hydrogen-bond donors (Lipinski definition) is 2. The highest BCUT2D eigenvalue weighted by atomic mass is 35.5. The summed E-state index contributed by atoms with van der Waals surface area (Å²) in [6.45, 7) is 1.96. The van der Waals surface area contributed by atoms with E-state index in [4.69, 9.17) is 17.3 Å². The van der Waals surface area contributed by atoms with Crippen LogP contribution in [0, 0.1) is 0 Å². The molecule has 94 valence electrons. The Labute approximate surface area is 112 Å². The van der Waals surface area contributed by atoms with E-state index in [0.717, 1.165) is 11.1 Å². The molecule has 0 bridgehead atoms. The fourth-order valence-electron chi connectivity index (χ4n) is 2.04. The molecule has 0 aliphatic carbocycles. The highest BCUT2D eigenvalue weighted by Crippen LogP contribution is 2.26. The first kappa shape index (κ1) is 12.9. The lowest BCUT2D eigenvalue weighted by atomic mass is 9.86. The summed E-state index contributed by atoms with van der Waals surface area (Å²) in [5, 5.41) is 10.1. The zero-order chi connectivity index (χ0) is 13.2. The van der Waals surface area contributed by atoms with Crippen LogP contribution in [-0.4, -0.2) is 5.11 Å². The van der Waals surface area contributed by atoms with Crippen LogP contribution in [0.5, 0.6) is 5.75 Å². The molecule has 0 saturated carbocycles. The van der Waals surface area contributed by atoms with Crippen molar-refractivity contribution in [2.24, 2.45) is 5.73 Å². The Morgan fingerprint density at radius 2 is 1.89 bits per heavy atom. The molecular formula is C15H16ClNO. The number of benzene rings is 2. The van der Waals surface area contributed by atoms with Gasteiger partial charge in [-0.1, -0.05) is 35.9 Å². The SMILES string of the molecule is CC(N)(Cc1cccc(O)c1)c1cccc(Cl)c1. The minimum Gasteiger partial charge on any atom is -0.508 e. The first-order valence-corrected chi connectivity index (χ1v) is 6.18. The molecule has 0 radical (unpaired) electrons. The van der Waals surface area contributed by atoms with Crippen LogP contribution in [0.25, 0.3) is 0 Å². The maximum atomic E-state index is 9.46. The van der Waals surface area contributed by atoms with Gasteiger partial charge in [-0.3, -0.25) is 0 Å². The minimum absolute atomic E-state index is 0.259. The van der Waals surface area contributed by atoms with Gasteiger partial charge in [-0.25, -0.2) is 0 Å². The van der Waals surface area contributed by atoms with Crippen molar-refractivity contribution in [2.75, 3.05) is 0 Å². The second-order valence-corrected chi connectivity index (χ2v) is 5.21. The molecule has 3 N–H and O–H groups in total. The number of nitrogens with two attached hydrogens (primary N) is 1. The average molecular weight is 262 g/mol. The van der Waals surface area contributed by atoms with E-state index in [9.17, 15) is 5.11 Å². The maximum Gasteiger partial charge on any atom is 0.115 e. The zero-order valence-electron chi connectivity index (χ0n) is 10.2. The summed E-state index contributed by atoms with van der Waals surface area (Å²) >= 11 is 5.98.